The maximum absolute atomic E-state index is 12.5. The molecule has 2 aliphatic rings. The third-order valence-corrected chi connectivity index (χ3v) is 4.87. The Labute approximate surface area is 127 Å². The molecule has 1 heterocycles. The number of piperidine rings is 1. The van der Waals surface area contributed by atoms with Crippen LogP contribution in [0.4, 0.5) is 0 Å². The smallest absolute Gasteiger partial charge is 0.242 e. The predicted molar refractivity (Wildman–Crippen MR) is 82.5 cm³/mol. The molecule has 0 spiro atoms. The topological polar surface area (TPSA) is 75.4 Å². The van der Waals surface area contributed by atoms with Crippen molar-refractivity contribution in [3.63, 3.8) is 0 Å². The highest BCUT2D eigenvalue weighted by Crippen LogP contribution is 2.39. The first-order valence-electron chi connectivity index (χ1n) is 8.32. The molecule has 0 aromatic carbocycles. The monoisotopic (exact) mass is 295 g/mol. The van der Waals surface area contributed by atoms with E-state index in [-0.39, 0.29) is 17.7 Å². The molecule has 1 saturated carbocycles. The minimum atomic E-state index is -0.712. The second kappa shape index (κ2) is 6.77. The van der Waals surface area contributed by atoms with Gasteiger partial charge in [-0.25, -0.2) is 0 Å². The lowest BCUT2D eigenvalue weighted by Crippen LogP contribution is -2.57. The lowest BCUT2D eigenvalue weighted by atomic mass is 9.91. The zero-order valence-corrected chi connectivity index (χ0v) is 13.4. The molecule has 2 amide bonds. The molecule has 120 valence electrons. The Morgan fingerprint density at radius 2 is 1.86 bits per heavy atom. The number of nitrogens with two attached hydrogens (primary N) is 1. The molecule has 21 heavy (non-hydrogen) atoms. The quantitative estimate of drug-likeness (QED) is 0.725. The fraction of sp³-hybridized carbons (Fsp3) is 0.875. The summed E-state index contributed by atoms with van der Waals surface area (Å²) >= 11 is 0. The molecule has 1 aliphatic carbocycles. The van der Waals surface area contributed by atoms with E-state index in [4.69, 9.17) is 5.73 Å². The fourth-order valence-corrected chi connectivity index (χ4v) is 3.08. The molecule has 0 aromatic rings. The highest BCUT2D eigenvalue weighted by Gasteiger charge is 2.46. The van der Waals surface area contributed by atoms with Crippen LogP contribution in [0.5, 0.6) is 0 Å². The van der Waals surface area contributed by atoms with Gasteiger partial charge in [-0.2, -0.15) is 0 Å². The molecule has 0 aromatic heterocycles. The average molecular weight is 295 g/mol. The zero-order valence-electron chi connectivity index (χ0n) is 13.4. The van der Waals surface area contributed by atoms with Crippen LogP contribution < -0.4 is 11.1 Å². The normalized spacial score (nSPS) is 22.7. The van der Waals surface area contributed by atoms with Crippen molar-refractivity contribution >= 4 is 11.8 Å². The van der Waals surface area contributed by atoms with Crippen molar-refractivity contribution in [3.8, 4) is 0 Å². The van der Waals surface area contributed by atoms with E-state index < -0.39 is 5.54 Å². The largest absolute Gasteiger partial charge is 0.356 e. The molecule has 0 radical (unpaired) electrons. The number of unbranched alkanes of at least 4 members (excludes halogenated alkanes) is 1. The second-order valence-corrected chi connectivity index (χ2v) is 6.77. The van der Waals surface area contributed by atoms with Gasteiger partial charge in [0.2, 0.25) is 11.8 Å². The summed E-state index contributed by atoms with van der Waals surface area (Å²) in [7, 11) is 0. The van der Waals surface area contributed by atoms with E-state index in [1.54, 1.807) is 0 Å². The summed E-state index contributed by atoms with van der Waals surface area (Å²) in [5.41, 5.74) is 5.49. The number of nitrogens with zero attached hydrogens (tertiary/aromatic N) is 1. The summed E-state index contributed by atoms with van der Waals surface area (Å²) < 4.78 is 0. The minimum absolute atomic E-state index is 0.0517. The van der Waals surface area contributed by atoms with E-state index in [0.717, 1.165) is 45.1 Å². The predicted octanol–water partition coefficient (Wildman–Crippen LogP) is 1.27. The third kappa shape index (κ3) is 3.96. The minimum Gasteiger partial charge on any atom is -0.356 e. The number of rotatable bonds is 6. The summed E-state index contributed by atoms with van der Waals surface area (Å²) in [5.74, 6) is 0.610. The first-order valence-corrected chi connectivity index (χ1v) is 8.32. The van der Waals surface area contributed by atoms with Gasteiger partial charge >= 0.3 is 0 Å². The molecule has 2 rings (SSSR count). The Morgan fingerprint density at radius 1 is 1.24 bits per heavy atom. The van der Waals surface area contributed by atoms with Crippen LogP contribution in [-0.4, -0.2) is 41.9 Å². The van der Waals surface area contributed by atoms with Gasteiger partial charge in [-0.3, -0.25) is 9.59 Å². The Balaban J connectivity index is 1.77. The first kappa shape index (κ1) is 16.3. The van der Waals surface area contributed by atoms with Crippen molar-refractivity contribution in [2.24, 2.45) is 17.6 Å². The molecule has 1 unspecified atom stereocenters. The van der Waals surface area contributed by atoms with Crippen LogP contribution in [0.15, 0.2) is 0 Å². The van der Waals surface area contributed by atoms with Crippen LogP contribution in [0.3, 0.4) is 0 Å². The molecule has 1 aliphatic heterocycles. The van der Waals surface area contributed by atoms with Gasteiger partial charge in [-0.05, 0) is 44.9 Å². The molecule has 5 heteroatoms. The standard InChI is InChI=1S/C16H29N3O2/c1-3-4-9-18-14(20)12-7-10-19(11-8-12)15(21)16(2,17)13-5-6-13/h12-13H,3-11,17H2,1-2H3,(H,18,20). The number of carbonyl (C=O) groups is 2. The second-order valence-electron chi connectivity index (χ2n) is 6.77. The first-order chi connectivity index (χ1) is 9.96. The summed E-state index contributed by atoms with van der Waals surface area (Å²) in [4.78, 5) is 26.4. The van der Waals surface area contributed by atoms with Gasteiger partial charge in [-0.1, -0.05) is 13.3 Å². The van der Waals surface area contributed by atoms with Gasteiger partial charge in [-0.15, -0.1) is 0 Å². The van der Waals surface area contributed by atoms with Crippen LogP contribution in [0, 0.1) is 11.8 Å². The zero-order chi connectivity index (χ0) is 15.5. The Morgan fingerprint density at radius 3 is 2.38 bits per heavy atom. The highest BCUT2D eigenvalue weighted by atomic mass is 16.2. The number of carbonyl (C=O) groups excluding carboxylic acids is 2. The Hall–Kier alpha value is -1.10. The van der Waals surface area contributed by atoms with E-state index in [9.17, 15) is 9.59 Å². The fourth-order valence-electron chi connectivity index (χ4n) is 3.08. The van der Waals surface area contributed by atoms with Crippen LogP contribution >= 0.6 is 0 Å². The SMILES string of the molecule is CCCCNC(=O)C1CCN(C(=O)C(C)(N)C2CC2)CC1. The van der Waals surface area contributed by atoms with Crippen molar-refractivity contribution in [3.05, 3.63) is 0 Å². The van der Waals surface area contributed by atoms with Crippen LogP contribution in [0.1, 0.15) is 52.4 Å². The van der Waals surface area contributed by atoms with Gasteiger partial charge in [0.05, 0.1) is 5.54 Å². The van der Waals surface area contributed by atoms with Gasteiger partial charge in [0.1, 0.15) is 0 Å². The van der Waals surface area contributed by atoms with Crippen molar-refractivity contribution in [1.29, 1.82) is 0 Å². The molecular formula is C16H29N3O2. The molecule has 5 nitrogen and oxygen atoms in total. The van der Waals surface area contributed by atoms with Crippen LogP contribution in [0.2, 0.25) is 0 Å². The van der Waals surface area contributed by atoms with E-state index >= 15 is 0 Å². The summed E-state index contributed by atoms with van der Waals surface area (Å²) in [6, 6.07) is 0. The number of hydrogen-bond donors (Lipinski definition) is 2. The molecule has 1 atom stereocenters. The van der Waals surface area contributed by atoms with Gasteiger partial charge in [0.15, 0.2) is 0 Å². The highest BCUT2D eigenvalue weighted by molar-refractivity contribution is 5.87. The van der Waals surface area contributed by atoms with Crippen molar-refractivity contribution in [2.45, 2.75) is 57.9 Å². The summed E-state index contributed by atoms with van der Waals surface area (Å²) in [6.45, 7) is 6.04. The van der Waals surface area contributed by atoms with E-state index in [1.807, 2.05) is 11.8 Å². The van der Waals surface area contributed by atoms with Crippen molar-refractivity contribution in [1.82, 2.24) is 10.2 Å². The van der Waals surface area contributed by atoms with Gasteiger partial charge in [0.25, 0.3) is 0 Å². The van der Waals surface area contributed by atoms with Crippen molar-refractivity contribution < 1.29 is 9.59 Å². The lowest BCUT2D eigenvalue weighted by molar-refractivity contribution is -0.140. The average Bonchev–Trinajstić information content (AvgIpc) is 3.32. The Bertz CT molecular complexity index is 383. The summed E-state index contributed by atoms with van der Waals surface area (Å²) in [6.07, 6.45) is 5.75. The molecule has 2 fully saturated rings. The van der Waals surface area contributed by atoms with E-state index in [0.29, 0.717) is 19.0 Å². The number of likely N-dealkylation sites (tertiary alicyclic amines) is 1. The molecule has 0 bridgehead atoms. The number of amides is 2. The van der Waals surface area contributed by atoms with E-state index in [2.05, 4.69) is 12.2 Å². The third-order valence-electron chi connectivity index (χ3n) is 4.87. The summed E-state index contributed by atoms with van der Waals surface area (Å²) in [5, 5.41) is 2.99. The van der Waals surface area contributed by atoms with Crippen molar-refractivity contribution in [2.75, 3.05) is 19.6 Å². The van der Waals surface area contributed by atoms with Gasteiger partial charge in [0, 0.05) is 25.6 Å². The van der Waals surface area contributed by atoms with E-state index in [1.165, 1.54) is 0 Å². The molecule has 1 saturated heterocycles. The van der Waals surface area contributed by atoms with Gasteiger partial charge < -0.3 is 16.0 Å². The van der Waals surface area contributed by atoms with Crippen LogP contribution in [0.25, 0.3) is 0 Å². The Kier molecular flexibility index (Phi) is 5.25. The lowest BCUT2D eigenvalue weighted by Gasteiger charge is -2.36. The maximum atomic E-state index is 12.5. The molecular weight excluding hydrogens is 266 g/mol. The maximum Gasteiger partial charge on any atom is 0.242 e. The molecule has 3 N–H and O–H groups in total. The number of hydrogen-bond acceptors (Lipinski definition) is 3. The van der Waals surface area contributed by atoms with Crippen LogP contribution in [-0.2, 0) is 9.59 Å². The number of nitrogens with one attached hydrogen (secondary N) is 1.